The van der Waals surface area contributed by atoms with E-state index in [1.165, 1.54) is 4.31 Å². The van der Waals surface area contributed by atoms with Crippen molar-refractivity contribution in [1.82, 2.24) is 18.6 Å². The quantitative estimate of drug-likeness (QED) is 0.703. The fourth-order valence-corrected chi connectivity index (χ4v) is 6.04. The van der Waals surface area contributed by atoms with E-state index in [0.29, 0.717) is 50.8 Å². The van der Waals surface area contributed by atoms with E-state index >= 15 is 0 Å². The fraction of sp³-hybridized carbons (Fsp3) is 0.824. The number of hydrogen-bond acceptors (Lipinski definition) is 6. The molecule has 0 aromatic carbocycles. The molecular weight excluding hydrogens is 404 g/mol. The molecule has 1 aromatic heterocycles. The van der Waals surface area contributed by atoms with Gasteiger partial charge in [-0.05, 0) is 44.9 Å². The normalized spacial score (nSPS) is 23.9. The van der Waals surface area contributed by atoms with Gasteiger partial charge in [0.1, 0.15) is 5.82 Å². The largest absolute Gasteiger partial charge is 0.375 e. The smallest absolute Gasteiger partial charge is 0.262 e. The van der Waals surface area contributed by atoms with Gasteiger partial charge in [-0.25, -0.2) is 26.5 Å². The van der Waals surface area contributed by atoms with E-state index in [0.717, 1.165) is 25.5 Å². The number of ether oxygens (including phenoxy) is 1. The van der Waals surface area contributed by atoms with Crippen molar-refractivity contribution in [3.8, 4) is 0 Å². The first-order valence-corrected chi connectivity index (χ1v) is 12.9. The Balaban J connectivity index is 1.59. The number of rotatable bonds is 6. The molecule has 2 fully saturated rings. The number of sulfonamides is 2. The zero-order chi connectivity index (χ0) is 20.6. The summed E-state index contributed by atoms with van der Waals surface area (Å²) >= 11 is 0. The van der Waals surface area contributed by atoms with Crippen LogP contribution in [0.1, 0.15) is 37.9 Å². The Labute approximate surface area is 167 Å². The molecule has 11 heteroatoms. The van der Waals surface area contributed by atoms with Crippen LogP contribution in [0.25, 0.3) is 0 Å². The third-order valence-electron chi connectivity index (χ3n) is 5.84. The van der Waals surface area contributed by atoms with E-state index in [4.69, 9.17) is 4.74 Å². The third kappa shape index (κ3) is 4.93. The van der Waals surface area contributed by atoms with Gasteiger partial charge in [-0.3, -0.25) is 0 Å². The van der Waals surface area contributed by atoms with Crippen molar-refractivity contribution in [2.24, 2.45) is 13.0 Å². The first-order valence-electron chi connectivity index (χ1n) is 9.59. The van der Waals surface area contributed by atoms with E-state index in [9.17, 15) is 16.8 Å². The average Bonchev–Trinajstić information content (AvgIpc) is 2.94. The van der Waals surface area contributed by atoms with Crippen molar-refractivity contribution in [2.45, 2.75) is 49.7 Å². The second-order valence-electron chi connectivity index (χ2n) is 7.99. The van der Waals surface area contributed by atoms with Crippen LogP contribution in [0, 0.1) is 12.8 Å². The number of hydrogen-bond donors (Lipinski definition) is 1. The lowest BCUT2D eigenvalue weighted by atomic mass is 9.79. The zero-order valence-corrected chi connectivity index (χ0v) is 18.4. The van der Waals surface area contributed by atoms with Gasteiger partial charge in [0.15, 0.2) is 5.03 Å². The average molecular weight is 435 g/mol. The third-order valence-corrected chi connectivity index (χ3v) is 8.34. The maximum Gasteiger partial charge on any atom is 0.262 e. The van der Waals surface area contributed by atoms with E-state index in [1.807, 2.05) is 0 Å². The van der Waals surface area contributed by atoms with E-state index in [-0.39, 0.29) is 10.6 Å². The summed E-state index contributed by atoms with van der Waals surface area (Å²) in [6, 6.07) is 0. The summed E-state index contributed by atoms with van der Waals surface area (Å²) < 4.78 is 60.0. The zero-order valence-electron chi connectivity index (χ0n) is 16.7. The van der Waals surface area contributed by atoms with Gasteiger partial charge in [-0.1, -0.05) is 0 Å². The van der Waals surface area contributed by atoms with Crippen molar-refractivity contribution in [3.05, 3.63) is 12.0 Å². The van der Waals surface area contributed by atoms with Crippen LogP contribution < -0.4 is 4.72 Å². The van der Waals surface area contributed by atoms with Gasteiger partial charge in [0, 0.05) is 39.5 Å². The second kappa shape index (κ2) is 8.02. The molecule has 9 nitrogen and oxygen atoms in total. The van der Waals surface area contributed by atoms with Crippen LogP contribution in [0.2, 0.25) is 0 Å². The minimum atomic E-state index is -3.59. The van der Waals surface area contributed by atoms with Gasteiger partial charge in [0.2, 0.25) is 10.0 Å². The number of aryl methyl sites for hydroxylation is 2. The summed E-state index contributed by atoms with van der Waals surface area (Å²) in [5.74, 6) is 1.04. The molecule has 2 saturated heterocycles. The van der Waals surface area contributed by atoms with Gasteiger partial charge in [0.05, 0.1) is 11.9 Å². The molecular formula is C17H30N4O5S2. The Morgan fingerprint density at radius 3 is 2.54 bits per heavy atom. The standard InChI is InChI=1S/C17H30N4O5S2/c1-14-19-16(13-20(14)2)28(24,25)21-9-6-17(7-10-21)12-15(5-11-26-17)4-8-18-27(3,22)23/h13,15,18H,4-12H2,1-3H3. The topological polar surface area (TPSA) is 111 Å². The molecule has 0 bridgehead atoms. The van der Waals surface area contributed by atoms with E-state index in [2.05, 4.69) is 9.71 Å². The minimum absolute atomic E-state index is 0.0951. The summed E-state index contributed by atoms with van der Waals surface area (Å²) in [4.78, 5) is 4.17. The van der Waals surface area contributed by atoms with Crippen molar-refractivity contribution in [3.63, 3.8) is 0 Å². The maximum absolute atomic E-state index is 12.9. The first kappa shape index (κ1) is 21.7. The molecule has 1 N–H and O–H groups in total. The van der Waals surface area contributed by atoms with Crippen LogP contribution in [-0.4, -0.2) is 68.8 Å². The molecule has 0 aliphatic carbocycles. The molecule has 0 saturated carbocycles. The molecule has 2 aliphatic heterocycles. The first-order chi connectivity index (χ1) is 13.0. The molecule has 160 valence electrons. The minimum Gasteiger partial charge on any atom is -0.375 e. The lowest BCUT2D eigenvalue weighted by molar-refractivity contribution is -0.121. The summed E-state index contributed by atoms with van der Waals surface area (Å²) in [5.41, 5.74) is -0.305. The molecule has 0 amide bonds. The monoisotopic (exact) mass is 434 g/mol. The fourth-order valence-electron chi connectivity index (χ4n) is 4.09. The van der Waals surface area contributed by atoms with Crippen LogP contribution in [0.3, 0.4) is 0 Å². The predicted octanol–water partition coefficient (Wildman–Crippen LogP) is 0.618. The number of nitrogens with zero attached hydrogens (tertiary/aromatic N) is 3. The Morgan fingerprint density at radius 1 is 1.29 bits per heavy atom. The molecule has 0 radical (unpaired) electrons. The Hall–Kier alpha value is -1.01. The molecule has 1 atom stereocenters. The molecule has 1 unspecified atom stereocenters. The molecule has 3 rings (SSSR count). The highest BCUT2D eigenvalue weighted by molar-refractivity contribution is 7.89. The summed E-state index contributed by atoms with van der Waals surface area (Å²) in [7, 11) is -4.99. The Morgan fingerprint density at radius 2 is 1.96 bits per heavy atom. The van der Waals surface area contributed by atoms with Crippen molar-refractivity contribution >= 4 is 20.0 Å². The highest BCUT2D eigenvalue weighted by Crippen LogP contribution is 2.39. The summed E-state index contributed by atoms with van der Waals surface area (Å²) in [6.07, 6.45) is 6.53. The van der Waals surface area contributed by atoms with Crippen molar-refractivity contribution in [2.75, 3.05) is 32.5 Å². The predicted molar refractivity (Wildman–Crippen MR) is 105 cm³/mol. The second-order valence-corrected chi connectivity index (χ2v) is 11.7. The Bertz CT molecular complexity index is 882. The lowest BCUT2D eigenvalue weighted by Crippen LogP contribution is -2.51. The molecule has 3 heterocycles. The number of piperidine rings is 1. The van der Waals surface area contributed by atoms with Crippen LogP contribution in [0.4, 0.5) is 0 Å². The molecule has 1 aromatic rings. The highest BCUT2D eigenvalue weighted by Gasteiger charge is 2.43. The van der Waals surface area contributed by atoms with Crippen LogP contribution >= 0.6 is 0 Å². The van der Waals surface area contributed by atoms with Crippen LogP contribution in [0.5, 0.6) is 0 Å². The van der Waals surface area contributed by atoms with Gasteiger partial charge in [0.25, 0.3) is 10.0 Å². The van der Waals surface area contributed by atoms with Crippen LogP contribution in [-0.2, 0) is 31.8 Å². The van der Waals surface area contributed by atoms with E-state index < -0.39 is 20.0 Å². The Kier molecular flexibility index (Phi) is 6.21. The van der Waals surface area contributed by atoms with Crippen molar-refractivity contribution < 1.29 is 21.6 Å². The summed E-state index contributed by atoms with van der Waals surface area (Å²) in [6.45, 7) is 3.66. The van der Waals surface area contributed by atoms with E-state index in [1.54, 1.807) is 24.7 Å². The van der Waals surface area contributed by atoms with Gasteiger partial charge >= 0.3 is 0 Å². The number of imidazole rings is 1. The van der Waals surface area contributed by atoms with Crippen molar-refractivity contribution in [1.29, 1.82) is 0 Å². The summed E-state index contributed by atoms with van der Waals surface area (Å²) in [5, 5.41) is 0.0951. The highest BCUT2D eigenvalue weighted by atomic mass is 32.2. The van der Waals surface area contributed by atoms with Gasteiger partial charge < -0.3 is 9.30 Å². The van der Waals surface area contributed by atoms with Crippen LogP contribution in [0.15, 0.2) is 11.2 Å². The van der Waals surface area contributed by atoms with Gasteiger partial charge in [-0.2, -0.15) is 4.31 Å². The lowest BCUT2D eigenvalue weighted by Gasteiger charge is -2.45. The molecule has 28 heavy (non-hydrogen) atoms. The molecule has 1 spiro atoms. The maximum atomic E-state index is 12.9. The van der Waals surface area contributed by atoms with Gasteiger partial charge in [-0.15, -0.1) is 0 Å². The number of nitrogens with one attached hydrogen (secondary N) is 1. The number of aromatic nitrogens is 2. The SMILES string of the molecule is Cc1nc(S(=O)(=O)N2CCC3(CC2)CC(CCNS(C)(=O)=O)CCO3)cn1C. The molecule has 2 aliphatic rings.